The van der Waals surface area contributed by atoms with Crippen molar-refractivity contribution in [1.82, 2.24) is 9.97 Å². The van der Waals surface area contributed by atoms with Crippen molar-refractivity contribution in [3.05, 3.63) is 18.2 Å². The quantitative estimate of drug-likeness (QED) is 0.823. The molecule has 2 heterocycles. The van der Waals surface area contributed by atoms with Crippen LogP contribution in [0.3, 0.4) is 0 Å². The Kier molecular flexibility index (Phi) is 2.83. The van der Waals surface area contributed by atoms with E-state index in [9.17, 15) is 0 Å². The van der Waals surface area contributed by atoms with Gasteiger partial charge in [-0.15, -0.1) is 0 Å². The Morgan fingerprint density at radius 3 is 2.85 bits per heavy atom. The monoisotopic (exact) mass is 270 g/mol. The van der Waals surface area contributed by atoms with Crippen molar-refractivity contribution in [2.24, 2.45) is 5.92 Å². The number of fused-ring (bicyclic) bond motifs is 1. The molecule has 2 fully saturated rings. The molecular formula is C16H22N4. The van der Waals surface area contributed by atoms with Crippen LogP contribution >= 0.6 is 0 Å². The number of nitrogens with one attached hydrogen (secondary N) is 1. The predicted molar refractivity (Wildman–Crippen MR) is 82.8 cm³/mol. The fraction of sp³-hybridized carbons (Fsp3) is 0.562. The van der Waals surface area contributed by atoms with Gasteiger partial charge in [0.1, 0.15) is 0 Å². The molecule has 1 aromatic heterocycles. The first-order valence-electron chi connectivity index (χ1n) is 7.83. The summed E-state index contributed by atoms with van der Waals surface area (Å²) in [5, 5.41) is 0. The largest absolute Gasteiger partial charge is 0.399 e. The Balaban J connectivity index is 1.66. The summed E-state index contributed by atoms with van der Waals surface area (Å²) in [6.07, 6.45) is 8.23. The Labute approximate surface area is 119 Å². The van der Waals surface area contributed by atoms with Crippen molar-refractivity contribution in [2.75, 3.05) is 17.2 Å². The summed E-state index contributed by atoms with van der Waals surface area (Å²) in [7, 11) is 0. The Bertz CT molecular complexity index is 612. The number of anilines is 2. The maximum Gasteiger partial charge on any atom is 0.204 e. The van der Waals surface area contributed by atoms with Crippen molar-refractivity contribution >= 4 is 22.7 Å². The second-order valence-electron chi connectivity index (χ2n) is 6.28. The van der Waals surface area contributed by atoms with E-state index in [0.717, 1.165) is 35.1 Å². The molecule has 20 heavy (non-hydrogen) atoms. The molecule has 2 aliphatic rings. The summed E-state index contributed by atoms with van der Waals surface area (Å²) in [6.45, 7) is 1.14. The van der Waals surface area contributed by atoms with Crippen LogP contribution in [0.15, 0.2) is 18.2 Å². The van der Waals surface area contributed by atoms with Gasteiger partial charge in [-0.1, -0.05) is 12.8 Å². The van der Waals surface area contributed by atoms with E-state index in [-0.39, 0.29) is 0 Å². The molecule has 106 valence electrons. The molecule has 1 aliphatic heterocycles. The standard InChI is InChI=1S/C16H22N4/c17-12-7-8-13-14(10-12)19-16(18-13)20-9-3-6-15(20)11-4-1-2-5-11/h7-8,10-11,15H,1-6,9,17H2,(H,18,19). The highest BCUT2D eigenvalue weighted by Gasteiger charge is 2.34. The number of benzene rings is 1. The molecule has 0 bridgehead atoms. The molecule has 1 aliphatic carbocycles. The molecule has 1 atom stereocenters. The normalized spacial score (nSPS) is 24.0. The summed E-state index contributed by atoms with van der Waals surface area (Å²) < 4.78 is 0. The van der Waals surface area contributed by atoms with Crippen LogP contribution in [-0.2, 0) is 0 Å². The second-order valence-corrected chi connectivity index (χ2v) is 6.28. The Morgan fingerprint density at radius 2 is 2.00 bits per heavy atom. The minimum Gasteiger partial charge on any atom is -0.399 e. The summed E-state index contributed by atoms with van der Waals surface area (Å²) in [5.74, 6) is 1.91. The van der Waals surface area contributed by atoms with Crippen molar-refractivity contribution < 1.29 is 0 Å². The smallest absolute Gasteiger partial charge is 0.204 e. The van der Waals surface area contributed by atoms with Gasteiger partial charge in [-0.25, -0.2) is 4.98 Å². The van der Waals surface area contributed by atoms with E-state index in [2.05, 4.69) is 9.88 Å². The third-order valence-electron chi connectivity index (χ3n) is 5.01. The van der Waals surface area contributed by atoms with Crippen LogP contribution in [0.4, 0.5) is 11.6 Å². The molecule has 0 amide bonds. The number of imidazole rings is 1. The highest BCUT2D eigenvalue weighted by atomic mass is 15.3. The zero-order chi connectivity index (χ0) is 13.5. The average molecular weight is 270 g/mol. The van der Waals surface area contributed by atoms with Gasteiger partial charge in [0, 0.05) is 18.3 Å². The van der Waals surface area contributed by atoms with E-state index in [1.165, 1.54) is 38.5 Å². The fourth-order valence-corrected chi connectivity index (χ4v) is 4.04. The van der Waals surface area contributed by atoms with Crippen LogP contribution in [0.1, 0.15) is 38.5 Å². The van der Waals surface area contributed by atoms with Gasteiger partial charge < -0.3 is 15.6 Å². The van der Waals surface area contributed by atoms with E-state index in [1.54, 1.807) is 0 Å². The maximum absolute atomic E-state index is 5.85. The number of H-pyrrole nitrogens is 1. The van der Waals surface area contributed by atoms with Crippen LogP contribution in [-0.4, -0.2) is 22.6 Å². The number of hydrogen-bond donors (Lipinski definition) is 2. The minimum absolute atomic E-state index is 0.690. The summed E-state index contributed by atoms with van der Waals surface area (Å²) in [4.78, 5) is 10.7. The van der Waals surface area contributed by atoms with Crippen LogP contribution in [0.2, 0.25) is 0 Å². The highest BCUT2D eigenvalue weighted by molar-refractivity contribution is 5.81. The maximum atomic E-state index is 5.85. The molecule has 1 saturated heterocycles. The summed E-state index contributed by atoms with van der Waals surface area (Å²) >= 11 is 0. The van der Waals surface area contributed by atoms with Gasteiger partial charge in [-0.3, -0.25) is 0 Å². The molecule has 1 aromatic carbocycles. The van der Waals surface area contributed by atoms with Crippen molar-refractivity contribution in [3.8, 4) is 0 Å². The van der Waals surface area contributed by atoms with Crippen LogP contribution < -0.4 is 10.6 Å². The summed E-state index contributed by atoms with van der Waals surface area (Å²) in [5.41, 5.74) is 8.72. The van der Waals surface area contributed by atoms with Gasteiger partial charge in [0.05, 0.1) is 11.0 Å². The molecule has 3 N–H and O–H groups in total. The lowest BCUT2D eigenvalue weighted by atomic mass is 9.96. The number of aromatic amines is 1. The lowest BCUT2D eigenvalue weighted by Crippen LogP contribution is -2.35. The van der Waals surface area contributed by atoms with E-state index in [1.807, 2.05) is 18.2 Å². The molecule has 4 rings (SSSR count). The van der Waals surface area contributed by atoms with E-state index in [4.69, 9.17) is 10.7 Å². The molecule has 4 heteroatoms. The molecule has 1 unspecified atom stereocenters. The van der Waals surface area contributed by atoms with Crippen molar-refractivity contribution in [1.29, 1.82) is 0 Å². The zero-order valence-corrected chi connectivity index (χ0v) is 11.8. The number of nitrogen functional groups attached to an aromatic ring is 1. The van der Waals surface area contributed by atoms with E-state index >= 15 is 0 Å². The SMILES string of the molecule is Nc1ccc2nc(N3CCCC3C3CCCC3)[nH]c2c1. The first kappa shape index (κ1) is 12.1. The van der Waals surface area contributed by atoms with Crippen LogP contribution in [0.25, 0.3) is 11.0 Å². The van der Waals surface area contributed by atoms with Crippen LogP contribution in [0, 0.1) is 5.92 Å². The molecule has 1 saturated carbocycles. The first-order valence-corrected chi connectivity index (χ1v) is 7.83. The highest BCUT2D eigenvalue weighted by Crippen LogP contribution is 2.37. The van der Waals surface area contributed by atoms with Crippen molar-refractivity contribution in [3.63, 3.8) is 0 Å². The Hall–Kier alpha value is -1.71. The fourth-order valence-electron chi connectivity index (χ4n) is 4.04. The first-order chi connectivity index (χ1) is 9.81. The number of nitrogens with zero attached hydrogens (tertiary/aromatic N) is 2. The number of hydrogen-bond acceptors (Lipinski definition) is 3. The molecule has 0 radical (unpaired) electrons. The molecular weight excluding hydrogens is 248 g/mol. The topological polar surface area (TPSA) is 57.9 Å². The summed E-state index contributed by atoms with van der Waals surface area (Å²) in [6, 6.07) is 6.60. The number of nitrogens with two attached hydrogens (primary N) is 1. The van der Waals surface area contributed by atoms with Gasteiger partial charge in [-0.2, -0.15) is 0 Å². The molecule has 2 aromatic rings. The average Bonchev–Trinajstić information content (AvgIpc) is 3.17. The third kappa shape index (κ3) is 1.94. The van der Waals surface area contributed by atoms with E-state index in [0.29, 0.717) is 6.04 Å². The van der Waals surface area contributed by atoms with Crippen molar-refractivity contribution in [2.45, 2.75) is 44.6 Å². The number of rotatable bonds is 2. The third-order valence-corrected chi connectivity index (χ3v) is 5.01. The second kappa shape index (κ2) is 4.69. The van der Waals surface area contributed by atoms with Gasteiger partial charge in [0.2, 0.25) is 5.95 Å². The van der Waals surface area contributed by atoms with Gasteiger partial charge in [0.25, 0.3) is 0 Å². The zero-order valence-electron chi connectivity index (χ0n) is 11.8. The minimum atomic E-state index is 0.690. The number of aromatic nitrogens is 2. The van der Waals surface area contributed by atoms with Gasteiger partial charge >= 0.3 is 0 Å². The van der Waals surface area contributed by atoms with E-state index < -0.39 is 0 Å². The lowest BCUT2D eigenvalue weighted by Gasteiger charge is -2.29. The lowest BCUT2D eigenvalue weighted by molar-refractivity contribution is 0.428. The van der Waals surface area contributed by atoms with Crippen LogP contribution in [0.5, 0.6) is 0 Å². The Morgan fingerprint density at radius 1 is 1.15 bits per heavy atom. The predicted octanol–water partition coefficient (Wildman–Crippen LogP) is 3.30. The van der Waals surface area contributed by atoms with Gasteiger partial charge in [0.15, 0.2) is 0 Å². The molecule has 0 spiro atoms. The molecule has 4 nitrogen and oxygen atoms in total. The van der Waals surface area contributed by atoms with Gasteiger partial charge in [-0.05, 0) is 49.8 Å².